The molecule has 3 aromatic rings. The fourth-order valence-electron chi connectivity index (χ4n) is 2.72. The number of hydrogen-bond acceptors (Lipinski definition) is 10. The van der Waals surface area contributed by atoms with Gasteiger partial charge in [0.15, 0.2) is 9.84 Å². The van der Waals surface area contributed by atoms with Crippen LogP contribution in [-0.4, -0.2) is 30.3 Å². The van der Waals surface area contributed by atoms with E-state index in [0.29, 0.717) is 5.56 Å². The van der Waals surface area contributed by atoms with E-state index in [2.05, 4.69) is 10.5 Å². The van der Waals surface area contributed by atoms with Crippen molar-refractivity contribution in [3.05, 3.63) is 94.8 Å². The fraction of sp³-hybridized carbons (Fsp3) is 0.0500. The predicted octanol–water partition coefficient (Wildman–Crippen LogP) is 3.36. The maximum absolute atomic E-state index is 12.9. The molecule has 0 spiro atoms. The normalized spacial score (nSPS) is 11.8. The van der Waals surface area contributed by atoms with Gasteiger partial charge in [0.2, 0.25) is 0 Å². The number of benzene rings is 3. The van der Waals surface area contributed by atoms with Crippen LogP contribution in [0, 0.1) is 10.4 Å². The Kier molecular flexibility index (Phi) is 6.84. The van der Waals surface area contributed by atoms with Gasteiger partial charge in [-0.05, 0) is 35.9 Å². The van der Waals surface area contributed by atoms with Crippen molar-refractivity contribution in [1.29, 1.82) is 0 Å². The Morgan fingerprint density at radius 2 is 1.55 bits per heavy atom. The second-order valence-corrected chi connectivity index (χ2v) is 8.35. The van der Waals surface area contributed by atoms with Gasteiger partial charge in [-0.3, -0.25) is 15.8 Å². The third-order valence-electron chi connectivity index (χ3n) is 4.25. The molecular formula is C20H18N4O6S-2. The van der Waals surface area contributed by atoms with Gasteiger partial charge in [-0.25, -0.2) is 8.42 Å². The van der Waals surface area contributed by atoms with Crippen LogP contribution in [0.25, 0.3) is 0 Å². The Balaban J connectivity index is 1.98. The molecular weight excluding hydrogens is 424 g/mol. The van der Waals surface area contributed by atoms with Gasteiger partial charge in [0, 0.05) is 5.69 Å². The highest BCUT2D eigenvalue weighted by Crippen LogP contribution is 2.29. The molecule has 162 valence electrons. The van der Waals surface area contributed by atoms with E-state index in [9.17, 15) is 29.2 Å². The Morgan fingerprint density at radius 3 is 2.13 bits per heavy atom. The standard InChI is InChI=1S/C20H18N4O6S/c25-23(26)16-11-12-18(20(13-16)24(27)28)21-22-19(15-7-3-1-4-8-15)14-31(29,30)17-9-5-2-6-10-17/h1-13,21,27-28H,14H2/q-2/b22-19-. The van der Waals surface area contributed by atoms with Gasteiger partial charge in [0.05, 0.1) is 22.0 Å². The van der Waals surface area contributed by atoms with E-state index in [4.69, 9.17) is 0 Å². The average Bonchev–Trinajstić information content (AvgIpc) is 2.77. The smallest absolute Gasteiger partial charge is 0.184 e. The molecule has 0 saturated heterocycles. The van der Waals surface area contributed by atoms with Gasteiger partial charge >= 0.3 is 0 Å². The van der Waals surface area contributed by atoms with E-state index in [1.807, 2.05) is 0 Å². The lowest BCUT2D eigenvalue weighted by atomic mass is 10.1. The van der Waals surface area contributed by atoms with Crippen molar-refractivity contribution in [2.45, 2.75) is 4.90 Å². The number of rotatable bonds is 8. The number of hydrogen-bond donors (Lipinski definition) is 3. The summed E-state index contributed by atoms with van der Waals surface area (Å²) < 4.78 is 25.7. The molecule has 0 unspecified atom stereocenters. The zero-order chi connectivity index (χ0) is 22.4. The maximum Gasteiger partial charge on any atom is 0.184 e. The van der Waals surface area contributed by atoms with Crippen LogP contribution < -0.4 is 15.9 Å². The van der Waals surface area contributed by atoms with Crippen molar-refractivity contribution in [3.63, 3.8) is 0 Å². The third-order valence-corrected chi connectivity index (χ3v) is 5.90. The Hall–Kier alpha value is -3.48. The first-order valence-electron chi connectivity index (χ1n) is 8.90. The molecule has 3 aromatic carbocycles. The topological polar surface area (TPSA) is 152 Å². The monoisotopic (exact) mass is 442 g/mol. The second-order valence-electron chi connectivity index (χ2n) is 6.36. The van der Waals surface area contributed by atoms with Crippen LogP contribution in [0.15, 0.2) is 88.9 Å². The van der Waals surface area contributed by atoms with Crippen LogP contribution in [0.5, 0.6) is 0 Å². The second kappa shape index (κ2) is 9.55. The molecule has 0 saturated carbocycles. The molecule has 0 aliphatic rings. The van der Waals surface area contributed by atoms with Gasteiger partial charge in [-0.1, -0.05) is 48.5 Å². The minimum Gasteiger partial charge on any atom is -0.769 e. The molecule has 10 nitrogen and oxygen atoms in total. The van der Waals surface area contributed by atoms with Gasteiger partial charge in [0.1, 0.15) is 5.69 Å². The lowest BCUT2D eigenvalue weighted by molar-refractivity contribution is 0.0295. The van der Waals surface area contributed by atoms with E-state index >= 15 is 0 Å². The van der Waals surface area contributed by atoms with Crippen LogP contribution in [0.3, 0.4) is 0 Å². The summed E-state index contributed by atoms with van der Waals surface area (Å²) in [7, 11) is -3.73. The molecule has 0 heterocycles. The Morgan fingerprint density at radius 1 is 0.935 bits per heavy atom. The minimum atomic E-state index is -3.73. The van der Waals surface area contributed by atoms with Crippen LogP contribution in [-0.2, 0) is 9.84 Å². The molecule has 0 bridgehead atoms. The fourth-order valence-corrected chi connectivity index (χ4v) is 4.05. The molecule has 0 atom stereocenters. The van der Waals surface area contributed by atoms with Crippen molar-refractivity contribution < 1.29 is 18.8 Å². The molecule has 11 heteroatoms. The molecule has 0 radical (unpaired) electrons. The minimum absolute atomic E-state index is 0.0149. The first-order chi connectivity index (χ1) is 14.8. The van der Waals surface area contributed by atoms with Crippen molar-refractivity contribution in [2.75, 3.05) is 21.6 Å². The van der Waals surface area contributed by atoms with Crippen LogP contribution in [0.4, 0.5) is 17.1 Å². The summed E-state index contributed by atoms with van der Waals surface area (Å²) in [5.74, 6) is -0.432. The quantitative estimate of drug-likeness (QED) is 0.352. The van der Waals surface area contributed by atoms with E-state index in [1.54, 1.807) is 48.5 Å². The zero-order valence-electron chi connectivity index (χ0n) is 16.0. The van der Waals surface area contributed by atoms with Gasteiger partial charge in [-0.2, -0.15) is 5.10 Å². The molecule has 31 heavy (non-hydrogen) atoms. The van der Waals surface area contributed by atoms with Crippen molar-refractivity contribution >= 4 is 32.6 Å². The molecule has 0 aliphatic heterocycles. The van der Waals surface area contributed by atoms with Crippen molar-refractivity contribution in [1.82, 2.24) is 0 Å². The number of anilines is 3. The molecule has 3 rings (SSSR count). The number of sulfone groups is 1. The Labute approximate surface area is 178 Å². The summed E-state index contributed by atoms with van der Waals surface area (Å²) >= 11 is 0. The summed E-state index contributed by atoms with van der Waals surface area (Å²) in [6.45, 7) is 0. The predicted molar refractivity (Wildman–Crippen MR) is 117 cm³/mol. The first kappa shape index (κ1) is 22.2. The molecule has 0 fully saturated rings. The number of nitrogens with zero attached hydrogens (tertiary/aromatic N) is 3. The maximum atomic E-state index is 12.9. The summed E-state index contributed by atoms with van der Waals surface area (Å²) in [5.41, 5.74) is 2.58. The van der Waals surface area contributed by atoms with E-state index in [0.717, 1.165) is 12.1 Å². The third kappa shape index (κ3) is 5.57. The highest BCUT2D eigenvalue weighted by atomic mass is 32.2. The summed E-state index contributed by atoms with van der Waals surface area (Å²) in [5, 5.41) is 43.9. The average molecular weight is 442 g/mol. The molecule has 3 N–H and O–H groups in total. The highest BCUT2D eigenvalue weighted by Gasteiger charge is 2.19. The lowest BCUT2D eigenvalue weighted by Gasteiger charge is -2.37. The van der Waals surface area contributed by atoms with Crippen LogP contribution in [0.2, 0.25) is 0 Å². The van der Waals surface area contributed by atoms with Gasteiger partial charge in [0.25, 0.3) is 0 Å². The highest BCUT2D eigenvalue weighted by molar-refractivity contribution is 7.92. The summed E-state index contributed by atoms with van der Waals surface area (Å²) in [6, 6.07) is 19.8. The van der Waals surface area contributed by atoms with E-state index in [1.165, 1.54) is 18.2 Å². The van der Waals surface area contributed by atoms with Crippen molar-refractivity contribution in [2.24, 2.45) is 5.10 Å². The van der Waals surface area contributed by atoms with Crippen LogP contribution in [0.1, 0.15) is 5.56 Å². The first-order valence-corrected chi connectivity index (χ1v) is 10.6. The summed E-state index contributed by atoms with van der Waals surface area (Å²) in [6.07, 6.45) is 0. The molecule has 0 amide bonds. The lowest BCUT2D eigenvalue weighted by Crippen LogP contribution is -2.19. The largest absolute Gasteiger partial charge is 0.769 e. The number of nitrogens with one attached hydrogen (secondary N) is 1. The molecule has 0 aromatic heterocycles. The van der Waals surface area contributed by atoms with E-state index < -0.39 is 20.8 Å². The SMILES string of the molecule is O=S(=O)(C/C(=N/Nc1ccc(N([O-])[O-])cc1N(O)O)c1ccccc1)c1ccccc1. The zero-order valence-corrected chi connectivity index (χ0v) is 16.8. The Bertz CT molecular complexity index is 1150. The molecule has 0 aliphatic carbocycles. The number of hydrazone groups is 1. The van der Waals surface area contributed by atoms with Gasteiger partial charge in [-0.15, -0.1) is 5.23 Å². The van der Waals surface area contributed by atoms with Crippen LogP contribution >= 0.6 is 0 Å². The summed E-state index contributed by atoms with van der Waals surface area (Å²) in [4.78, 5) is 0.131. The van der Waals surface area contributed by atoms with Gasteiger partial charge < -0.3 is 15.6 Å². The van der Waals surface area contributed by atoms with Crippen molar-refractivity contribution in [3.8, 4) is 0 Å². The van der Waals surface area contributed by atoms with E-state index in [-0.39, 0.29) is 32.9 Å².